The number of nitrogens with one attached hydrogen (secondary N) is 1. The van der Waals surface area contributed by atoms with Crippen molar-refractivity contribution in [3.8, 4) is 0 Å². The molecule has 0 aliphatic heterocycles. The molecule has 2 unspecified atom stereocenters. The summed E-state index contributed by atoms with van der Waals surface area (Å²) in [5, 5.41) is 12.0. The summed E-state index contributed by atoms with van der Waals surface area (Å²) in [4.78, 5) is 23.0. The second-order valence-corrected chi connectivity index (χ2v) is 6.19. The van der Waals surface area contributed by atoms with E-state index in [2.05, 4.69) is 5.32 Å². The lowest BCUT2D eigenvalue weighted by atomic mass is 9.93. The van der Waals surface area contributed by atoms with E-state index in [1.165, 1.54) is 0 Å². The zero-order chi connectivity index (χ0) is 13.9. The van der Waals surface area contributed by atoms with Crippen LogP contribution in [0.1, 0.15) is 51.4 Å². The van der Waals surface area contributed by atoms with Crippen molar-refractivity contribution in [1.82, 2.24) is 5.32 Å². The Morgan fingerprint density at radius 3 is 2.53 bits per heavy atom. The molecule has 1 amide bonds. The highest BCUT2D eigenvalue weighted by Crippen LogP contribution is 2.32. The molecule has 0 spiro atoms. The van der Waals surface area contributed by atoms with Gasteiger partial charge in [-0.15, -0.1) is 0 Å². The lowest BCUT2D eigenvalue weighted by Crippen LogP contribution is -2.43. The molecule has 0 aromatic heterocycles. The first-order chi connectivity index (χ1) is 9.00. The van der Waals surface area contributed by atoms with Crippen molar-refractivity contribution in [2.45, 2.75) is 56.9 Å². The van der Waals surface area contributed by atoms with Gasteiger partial charge in [-0.2, -0.15) is 0 Å². The lowest BCUT2D eigenvalue weighted by molar-refractivity contribution is -0.143. The summed E-state index contributed by atoms with van der Waals surface area (Å²) in [5.41, 5.74) is 5.84. The Morgan fingerprint density at radius 2 is 1.89 bits per heavy atom. The van der Waals surface area contributed by atoms with Crippen LogP contribution in [0.3, 0.4) is 0 Å². The largest absolute Gasteiger partial charge is 0.481 e. The molecule has 0 radical (unpaired) electrons. The molecule has 0 saturated heterocycles. The van der Waals surface area contributed by atoms with Crippen LogP contribution in [0.4, 0.5) is 0 Å². The van der Waals surface area contributed by atoms with Crippen LogP contribution in [0.5, 0.6) is 0 Å². The minimum Gasteiger partial charge on any atom is -0.481 e. The molecular weight excluding hydrogens is 244 g/mol. The quantitative estimate of drug-likeness (QED) is 0.700. The van der Waals surface area contributed by atoms with Gasteiger partial charge in [0.15, 0.2) is 0 Å². The standard InChI is InChI=1S/C14H24N2O3/c15-14(6-1-2-7-14)8-12(17)16-9-10-4-3-5-11(10)13(18)19/h10-11H,1-9,15H2,(H,16,17)(H,18,19). The molecular formula is C14H24N2O3. The van der Waals surface area contributed by atoms with Gasteiger partial charge in [-0.1, -0.05) is 19.3 Å². The van der Waals surface area contributed by atoms with Crippen molar-refractivity contribution in [2.75, 3.05) is 6.54 Å². The number of aliphatic carboxylic acids is 1. The zero-order valence-corrected chi connectivity index (χ0v) is 11.4. The number of amides is 1. The number of carboxylic acids is 1. The molecule has 2 fully saturated rings. The monoisotopic (exact) mass is 268 g/mol. The normalized spacial score (nSPS) is 29.3. The van der Waals surface area contributed by atoms with Crippen molar-refractivity contribution in [3.63, 3.8) is 0 Å². The van der Waals surface area contributed by atoms with Gasteiger partial charge in [0.05, 0.1) is 5.92 Å². The molecule has 2 saturated carbocycles. The average molecular weight is 268 g/mol. The number of carboxylic acid groups (broad SMARTS) is 1. The third kappa shape index (κ3) is 3.69. The zero-order valence-electron chi connectivity index (χ0n) is 11.4. The Hall–Kier alpha value is -1.10. The van der Waals surface area contributed by atoms with Gasteiger partial charge in [0, 0.05) is 18.5 Å². The van der Waals surface area contributed by atoms with E-state index in [0.717, 1.165) is 44.9 Å². The molecule has 2 aliphatic carbocycles. The van der Waals surface area contributed by atoms with Crippen LogP contribution in [-0.2, 0) is 9.59 Å². The number of hydrogen-bond donors (Lipinski definition) is 3. The van der Waals surface area contributed by atoms with E-state index in [1.807, 2.05) is 0 Å². The summed E-state index contributed by atoms with van der Waals surface area (Å²) in [7, 11) is 0. The molecule has 4 N–H and O–H groups in total. The minimum absolute atomic E-state index is 0.0274. The van der Waals surface area contributed by atoms with E-state index in [-0.39, 0.29) is 23.3 Å². The van der Waals surface area contributed by atoms with Gasteiger partial charge >= 0.3 is 5.97 Å². The van der Waals surface area contributed by atoms with Crippen LogP contribution in [-0.4, -0.2) is 29.1 Å². The first kappa shape index (κ1) is 14.3. The molecule has 2 rings (SSSR count). The average Bonchev–Trinajstić information content (AvgIpc) is 2.95. The molecule has 2 aliphatic rings. The maximum Gasteiger partial charge on any atom is 0.306 e. The Morgan fingerprint density at radius 1 is 1.21 bits per heavy atom. The highest BCUT2D eigenvalue weighted by molar-refractivity contribution is 5.77. The van der Waals surface area contributed by atoms with Gasteiger partial charge in [-0.25, -0.2) is 0 Å². The lowest BCUT2D eigenvalue weighted by Gasteiger charge is -2.23. The first-order valence-electron chi connectivity index (χ1n) is 7.29. The van der Waals surface area contributed by atoms with Crippen molar-refractivity contribution in [2.24, 2.45) is 17.6 Å². The SMILES string of the molecule is NC1(CC(=O)NCC2CCCC2C(=O)O)CCCC1. The van der Waals surface area contributed by atoms with Gasteiger partial charge in [0.2, 0.25) is 5.91 Å². The molecule has 108 valence electrons. The maximum atomic E-state index is 11.9. The van der Waals surface area contributed by atoms with E-state index >= 15 is 0 Å². The molecule has 0 bridgehead atoms. The van der Waals surface area contributed by atoms with E-state index in [9.17, 15) is 9.59 Å². The summed E-state index contributed by atoms with van der Waals surface area (Å²) in [6.45, 7) is 0.478. The summed E-state index contributed by atoms with van der Waals surface area (Å²) in [6.07, 6.45) is 6.99. The van der Waals surface area contributed by atoms with E-state index in [4.69, 9.17) is 10.8 Å². The van der Waals surface area contributed by atoms with Crippen LogP contribution in [0.25, 0.3) is 0 Å². The van der Waals surface area contributed by atoms with Crippen molar-refractivity contribution >= 4 is 11.9 Å². The third-order valence-corrected chi connectivity index (χ3v) is 4.65. The molecule has 5 heteroatoms. The van der Waals surface area contributed by atoms with E-state index in [1.54, 1.807) is 0 Å². The summed E-state index contributed by atoms with van der Waals surface area (Å²) >= 11 is 0. The predicted octanol–water partition coefficient (Wildman–Crippen LogP) is 1.27. The first-order valence-corrected chi connectivity index (χ1v) is 7.29. The van der Waals surface area contributed by atoms with Crippen LogP contribution in [0, 0.1) is 11.8 Å². The van der Waals surface area contributed by atoms with Gasteiger partial charge in [-0.3, -0.25) is 9.59 Å². The number of carbonyl (C=O) groups excluding carboxylic acids is 1. The Bertz CT molecular complexity index is 351. The highest BCUT2D eigenvalue weighted by atomic mass is 16.4. The summed E-state index contributed by atoms with van der Waals surface area (Å²) in [6, 6.07) is 0. The van der Waals surface area contributed by atoms with Gasteiger partial charge in [-0.05, 0) is 31.6 Å². The van der Waals surface area contributed by atoms with E-state index in [0.29, 0.717) is 13.0 Å². The molecule has 5 nitrogen and oxygen atoms in total. The number of rotatable bonds is 5. The number of hydrogen-bond acceptors (Lipinski definition) is 3. The van der Waals surface area contributed by atoms with Crippen LogP contribution in [0.2, 0.25) is 0 Å². The third-order valence-electron chi connectivity index (χ3n) is 4.65. The van der Waals surface area contributed by atoms with Crippen LogP contribution in [0.15, 0.2) is 0 Å². The van der Waals surface area contributed by atoms with Gasteiger partial charge in [0.25, 0.3) is 0 Å². The fourth-order valence-electron chi connectivity index (χ4n) is 3.49. The molecule has 19 heavy (non-hydrogen) atoms. The Balaban J connectivity index is 1.75. The fraction of sp³-hybridized carbons (Fsp3) is 0.857. The van der Waals surface area contributed by atoms with Crippen LogP contribution < -0.4 is 11.1 Å². The van der Waals surface area contributed by atoms with Crippen molar-refractivity contribution in [3.05, 3.63) is 0 Å². The Kier molecular flexibility index (Phi) is 4.45. The summed E-state index contributed by atoms with van der Waals surface area (Å²) in [5.74, 6) is -0.972. The Labute approximate surface area is 113 Å². The van der Waals surface area contributed by atoms with Crippen LogP contribution >= 0.6 is 0 Å². The molecule has 0 aromatic carbocycles. The van der Waals surface area contributed by atoms with Crippen molar-refractivity contribution < 1.29 is 14.7 Å². The molecule has 0 aromatic rings. The predicted molar refractivity (Wildman–Crippen MR) is 71.5 cm³/mol. The fourth-order valence-corrected chi connectivity index (χ4v) is 3.49. The van der Waals surface area contributed by atoms with Gasteiger partial charge in [0.1, 0.15) is 0 Å². The summed E-state index contributed by atoms with van der Waals surface area (Å²) < 4.78 is 0. The second kappa shape index (κ2) is 5.90. The number of carbonyl (C=O) groups is 2. The highest BCUT2D eigenvalue weighted by Gasteiger charge is 2.34. The molecule has 0 heterocycles. The van der Waals surface area contributed by atoms with E-state index < -0.39 is 5.97 Å². The second-order valence-electron chi connectivity index (χ2n) is 6.19. The van der Waals surface area contributed by atoms with Gasteiger partial charge < -0.3 is 16.2 Å². The number of nitrogens with two attached hydrogens (primary N) is 1. The maximum absolute atomic E-state index is 11.9. The van der Waals surface area contributed by atoms with Crippen molar-refractivity contribution in [1.29, 1.82) is 0 Å². The topological polar surface area (TPSA) is 92.4 Å². The molecule has 2 atom stereocenters. The minimum atomic E-state index is -0.733. The smallest absolute Gasteiger partial charge is 0.306 e.